The fourth-order valence-electron chi connectivity index (χ4n) is 2.37. The average Bonchev–Trinajstić information content (AvgIpc) is 2.37. The van der Waals surface area contributed by atoms with Gasteiger partial charge in [0.2, 0.25) is 0 Å². The molecular weight excluding hydrogens is 265 g/mol. The van der Waals surface area contributed by atoms with Gasteiger partial charge in [0.05, 0.1) is 17.9 Å². The molecule has 0 aliphatic carbocycles. The lowest BCUT2D eigenvalue weighted by Crippen LogP contribution is -2.20. The van der Waals surface area contributed by atoms with Crippen LogP contribution in [0.5, 0.6) is 0 Å². The van der Waals surface area contributed by atoms with Gasteiger partial charge in [-0.1, -0.05) is 12.1 Å². The lowest BCUT2D eigenvalue weighted by molar-refractivity contribution is 0.617. The van der Waals surface area contributed by atoms with E-state index in [9.17, 15) is 4.39 Å². The monoisotopic (exact) mass is 287 g/mol. The standard InChI is InChI=1S/C17H22FN3/c1-12(19)9-14-7-8-17(16(18)10-14)21(3)11-15-6-4-5-13(2)20-15/h4-8,10,12H,9,11,19H2,1-3H3. The maximum absolute atomic E-state index is 14.2. The summed E-state index contributed by atoms with van der Waals surface area (Å²) < 4.78 is 14.2. The second-order valence-electron chi connectivity index (χ2n) is 5.59. The molecule has 1 aromatic heterocycles. The van der Waals surface area contributed by atoms with Gasteiger partial charge in [0.25, 0.3) is 0 Å². The van der Waals surface area contributed by atoms with Crippen molar-refractivity contribution in [2.45, 2.75) is 32.9 Å². The molecule has 0 bridgehead atoms. The largest absolute Gasteiger partial charge is 0.366 e. The van der Waals surface area contributed by atoms with Gasteiger partial charge in [0.1, 0.15) is 5.82 Å². The number of nitrogens with two attached hydrogens (primary N) is 1. The van der Waals surface area contributed by atoms with Crippen molar-refractivity contribution in [1.82, 2.24) is 4.98 Å². The molecule has 21 heavy (non-hydrogen) atoms. The normalized spacial score (nSPS) is 12.2. The van der Waals surface area contributed by atoms with Gasteiger partial charge in [0.15, 0.2) is 0 Å². The molecule has 1 atom stereocenters. The maximum Gasteiger partial charge on any atom is 0.146 e. The van der Waals surface area contributed by atoms with Crippen LogP contribution in [0.25, 0.3) is 0 Å². The van der Waals surface area contributed by atoms with Crippen LogP contribution in [-0.4, -0.2) is 18.1 Å². The summed E-state index contributed by atoms with van der Waals surface area (Å²) in [6, 6.07) is 11.2. The Morgan fingerprint density at radius 3 is 2.67 bits per heavy atom. The first-order valence-electron chi connectivity index (χ1n) is 7.13. The van der Waals surface area contributed by atoms with E-state index in [2.05, 4.69) is 4.98 Å². The molecule has 0 aliphatic rings. The molecule has 3 nitrogen and oxygen atoms in total. The molecule has 4 heteroatoms. The summed E-state index contributed by atoms with van der Waals surface area (Å²) in [6.07, 6.45) is 0.681. The smallest absolute Gasteiger partial charge is 0.146 e. The van der Waals surface area contributed by atoms with E-state index in [1.165, 1.54) is 0 Å². The van der Waals surface area contributed by atoms with Crippen molar-refractivity contribution in [1.29, 1.82) is 0 Å². The van der Waals surface area contributed by atoms with Crippen molar-refractivity contribution < 1.29 is 4.39 Å². The third-order valence-corrected chi connectivity index (χ3v) is 3.33. The minimum Gasteiger partial charge on any atom is -0.366 e. The van der Waals surface area contributed by atoms with Gasteiger partial charge in [-0.15, -0.1) is 0 Å². The van der Waals surface area contributed by atoms with Gasteiger partial charge >= 0.3 is 0 Å². The van der Waals surface area contributed by atoms with Crippen LogP contribution < -0.4 is 10.6 Å². The molecule has 0 fully saturated rings. The highest BCUT2D eigenvalue weighted by molar-refractivity contribution is 5.48. The predicted molar refractivity (Wildman–Crippen MR) is 84.8 cm³/mol. The zero-order chi connectivity index (χ0) is 15.4. The van der Waals surface area contributed by atoms with E-state index in [0.717, 1.165) is 17.0 Å². The van der Waals surface area contributed by atoms with Crippen molar-refractivity contribution >= 4 is 5.69 Å². The molecule has 2 N–H and O–H groups in total. The van der Waals surface area contributed by atoms with Gasteiger partial charge in [-0.05, 0) is 50.1 Å². The van der Waals surface area contributed by atoms with Crippen molar-refractivity contribution in [3.8, 4) is 0 Å². The first-order valence-corrected chi connectivity index (χ1v) is 7.13. The predicted octanol–water partition coefficient (Wildman–Crippen LogP) is 3.06. The van der Waals surface area contributed by atoms with Crippen LogP contribution in [0.4, 0.5) is 10.1 Å². The van der Waals surface area contributed by atoms with Crippen molar-refractivity contribution in [3.63, 3.8) is 0 Å². The summed E-state index contributed by atoms with van der Waals surface area (Å²) in [4.78, 5) is 6.31. The highest BCUT2D eigenvalue weighted by Crippen LogP contribution is 2.21. The Labute approximate surface area is 125 Å². The molecule has 0 saturated carbocycles. The van der Waals surface area contributed by atoms with Crippen LogP contribution in [0.3, 0.4) is 0 Å². The number of aromatic nitrogens is 1. The second-order valence-corrected chi connectivity index (χ2v) is 5.59. The number of nitrogens with zero attached hydrogens (tertiary/aromatic N) is 2. The Bertz CT molecular complexity index is 611. The van der Waals surface area contributed by atoms with Gasteiger partial charge in [-0.3, -0.25) is 4.98 Å². The third kappa shape index (κ3) is 4.26. The summed E-state index contributed by atoms with van der Waals surface area (Å²) in [6.45, 7) is 4.44. The highest BCUT2D eigenvalue weighted by atomic mass is 19.1. The Kier molecular flexibility index (Phi) is 4.91. The molecule has 2 rings (SSSR count). The molecule has 0 spiro atoms. The van der Waals surface area contributed by atoms with Crippen LogP contribution in [0.2, 0.25) is 0 Å². The topological polar surface area (TPSA) is 42.1 Å². The van der Waals surface area contributed by atoms with Gasteiger partial charge in [-0.25, -0.2) is 4.39 Å². The third-order valence-electron chi connectivity index (χ3n) is 3.33. The molecule has 1 unspecified atom stereocenters. The number of hydrogen-bond acceptors (Lipinski definition) is 3. The van der Waals surface area contributed by atoms with Gasteiger partial charge in [0, 0.05) is 18.8 Å². The number of hydrogen-bond donors (Lipinski definition) is 1. The Hall–Kier alpha value is -1.94. The summed E-state index contributed by atoms with van der Waals surface area (Å²) in [5.74, 6) is -0.219. The Balaban J connectivity index is 2.13. The van der Waals surface area contributed by atoms with Gasteiger partial charge in [-0.2, -0.15) is 0 Å². The minimum atomic E-state index is -0.219. The zero-order valence-corrected chi connectivity index (χ0v) is 12.8. The molecular formula is C17H22FN3. The van der Waals surface area contributed by atoms with Crippen LogP contribution >= 0.6 is 0 Å². The first-order chi connectivity index (χ1) is 9.95. The molecule has 1 aromatic carbocycles. The van der Waals surface area contributed by atoms with Crippen LogP contribution in [0.1, 0.15) is 23.9 Å². The van der Waals surface area contributed by atoms with E-state index in [0.29, 0.717) is 18.7 Å². The van der Waals surface area contributed by atoms with E-state index in [1.807, 2.05) is 56.1 Å². The quantitative estimate of drug-likeness (QED) is 0.919. The summed E-state index contributed by atoms with van der Waals surface area (Å²) in [7, 11) is 1.87. The average molecular weight is 287 g/mol. The summed E-state index contributed by atoms with van der Waals surface area (Å²) in [5.41, 5.74) is 9.14. The zero-order valence-electron chi connectivity index (χ0n) is 12.8. The number of rotatable bonds is 5. The molecule has 0 aliphatic heterocycles. The fourth-order valence-corrected chi connectivity index (χ4v) is 2.37. The minimum absolute atomic E-state index is 0.0319. The summed E-state index contributed by atoms with van der Waals surface area (Å²) in [5, 5.41) is 0. The number of benzene rings is 1. The lowest BCUT2D eigenvalue weighted by atomic mass is 10.1. The van der Waals surface area contributed by atoms with E-state index >= 15 is 0 Å². The summed E-state index contributed by atoms with van der Waals surface area (Å²) >= 11 is 0. The van der Waals surface area contributed by atoms with Crippen molar-refractivity contribution in [2.75, 3.05) is 11.9 Å². The van der Waals surface area contributed by atoms with Crippen LogP contribution in [0.15, 0.2) is 36.4 Å². The Morgan fingerprint density at radius 2 is 2.05 bits per heavy atom. The van der Waals surface area contributed by atoms with E-state index in [-0.39, 0.29) is 11.9 Å². The molecule has 2 aromatic rings. The number of anilines is 1. The fraction of sp³-hybridized carbons (Fsp3) is 0.353. The molecule has 0 radical (unpaired) electrons. The van der Waals surface area contributed by atoms with E-state index < -0.39 is 0 Å². The molecule has 112 valence electrons. The van der Waals surface area contributed by atoms with E-state index in [4.69, 9.17) is 5.73 Å². The van der Waals surface area contributed by atoms with Crippen LogP contribution in [0, 0.1) is 12.7 Å². The van der Waals surface area contributed by atoms with Crippen LogP contribution in [-0.2, 0) is 13.0 Å². The number of halogens is 1. The van der Waals surface area contributed by atoms with Gasteiger partial charge < -0.3 is 10.6 Å². The number of pyridine rings is 1. The number of aryl methyl sites for hydroxylation is 1. The SMILES string of the molecule is Cc1cccc(CN(C)c2ccc(CC(C)N)cc2F)n1. The molecule has 0 amide bonds. The lowest BCUT2D eigenvalue weighted by Gasteiger charge is -2.20. The highest BCUT2D eigenvalue weighted by Gasteiger charge is 2.10. The van der Waals surface area contributed by atoms with Crippen molar-refractivity contribution in [2.24, 2.45) is 5.73 Å². The van der Waals surface area contributed by atoms with E-state index in [1.54, 1.807) is 6.07 Å². The molecule has 0 saturated heterocycles. The second kappa shape index (κ2) is 6.68. The maximum atomic E-state index is 14.2. The van der Waals surface area contributed by atoms with Crippen molar-refractivity contribution in [3.05, 3.63) is 59.2 Å². The first kappa shape index (κ1) is 15.4. The molecule has 1 heterocycles. The Morgan fingerprint density at radius 1 is 1.29 bits per heavy atom.